The molecule has 1 nitrogen and oxygen atoms in total. The lowest BCUT2D eigenvalue weighted by Crippen LogP contribution is -2.11. The van der Waals surface area contributed by atoms with E-state index in [0.29, 0.717) is 5.92 Å². The van der Waals surface area contributed by atoms with Crippen LogP contribution in [0.15, 0.2) is 0 Å². The second kappa shape index (κ2) is 5.19. The van der Waals surface area contributed by atoms with Crippen molar-refractivity contribution >= 4 is 0 Å². The highest BCUT2D eigenvalue weighted by Gasteiger charge is 2.17. The van der Waals surface area contributed by atoms with Gasteiger partial charge in [-0.25, -0.2) is 0 Å². The molecule has 1 atom stereocenters. The quantitative estimate of drug-likeness (QED) is 0.583. The SMILES string of the molecule is CC(C#N)C1CCCCCCC1. The van der Waals surface area contributed by atoms with Gasteiger partial charge in [-0.1, -0.05) is 32.1 Å². The maximum absolute atomic E-state index is 8.80. The molecule has 0 aliphatic heterocycles. The van der Waals surface area contributed by atoms with Crippen molar-refractivity contribution < 1.29 is 0 Å². The zero-order valence-electron chi connectivity index (χ0n) is 8.05. The Labute approximate surface area is 75.8 Å². The van der Waals surface area contributed by atoms with Gasteiger partial charge in [0.25, 0.3) is 0 Å². The molecule has 0 aromatic heterocycles. The van der Waals surface area contributed by atoms with Crippen LogP contribution in [0.25, 0.3) is 0 Å². The lowest BCUT2D eigenvalue weighted by Gasteiger charge is -2.21. The summed E-state index contributed by atoms with van der Waals surface area (Å²) in [4.78, 5) is 0. The van der Waals surface area contributed by atoms with Gasteiger partial charge >= 0.3 is 0 Å². The fraction of sp³-hybridized carbons (Fsp3) is 0.909. The highest BCUT2D eigenvalue weighted by molar-refractivity contribution is 4.85. The first kappa shape index (κ1) is 9.58. The van der Waals surface area contributed by atoms with Crippen molar-refractivity contribution in [3.05, 3.63) is 0 Å². The summed E-state index contributed by atoms with van der Waals surface area (Å²) in [6, 6.07) is 2.38. The highest BCUT2D eigenvalue weighted by atomic mass is 14.3. The predicted octanol–water partition coefficient (Wildman–Crippen LogP) is 3.51. The fourth-order valence-corrected chi connectivity index (χ4v) is 2.09. The van der Waals surface area contributed by atoms with Crippen LogP contribution < -0.4 is 0 Å². The summed E-state index contributed by atoms with van der Waals surface area (Å²) in [6.07, 6.45) is 9.44. The van der Waals surface area contributed by atoms with Crippen molar-refractivity contribution in [3.8, 4) is 6.07 Å². The molecule has 0 aromatic rings. The molecule has 0 heterocycles. The molecular formula is C11H19N. The molecule has 0 amide bonds. The molecule has 0 aromatic carbocycles. The van der Waals surface area contributed by atoms with E-state index in [4.69, 9.17) is 5.26 Å². The zero-order valence-corrected chi connectivity index (χ0v) is 8.05. The van der Waals surface area contributed by atoms with Gasteiger partial charge in [0.1, 0.15) is 0 Å². The van der Waals surface area contributed by atoms with Crippen molar-refractivity contribution in [3.63, 3.8) is 0 Å². The Bertz CT molecular complexity index is 149. The molecule has 1 heteroatoms. The van der Waals surface area contributed by atoms with Gasteiger partial charge in [0.2, 0.25) is 0 Å². The third-order valence-corrected chi connectivity index (χ3v) is 3.06. The third kappa shape index (κ3) is 2.85. The predicted molar refractivity (Wildman–Crippen MR) is 50.6 cm³/mol. The summed E-state index contributed by atoms with van der Waals surface area (Å²) in [6.45, 7) is 2.08. The van der Waals surface area contributed by atoms with E-state index in [-0.39, 0.29) is 5.92 Å². The van der Waals surface area contributed by atoms with E-state index in [1.54, 1.807) is 0 Å². The Balaban J connectivity index is 2.35. The summed E-state index contributed by atoms with van der Waals surface area (Å²) < 4.78 is 0. The lowest BCUT2D eigenvalue weighted by molar-refractivity contribution is 0.324. The van der Waals surface area contributed by atoms with Gasteiger partial charge in [-0.2, -0.15) is 5.26 Å². The van der Waals surface area contributed by atoms with Crippen molar-refractivity contribution in [2.24, 2.45) is 11.8 Å². The van der Waals surface area contributed by atoms with Gasteiger partial charge in [0.15, 0.2) is 0 Å². The van der Waals surface area contributed by atoms with Crippen LogP contribution in [0.3, 0.4) is 0 Å². The Morgan fingerprint density at radius 3 is 2.08 bits per heavy atom. The molecule has 0 spiro atoms. The van der Waals surface area contributed by atoms with Gasteiger partial charge < -0.3 is 0 Å². The molecule has 0 radical (unpaired) electrons. The first-order valence-electron chi connectivity index (χ1n) is 5.24. The molecule has 1 saturated carbocycles. The Kier molecular flexibility index (Phi) is 4.14. The first-order valence-corrected chi connectivity index (χ1v) is 5.24. The maximum atomic E-state index is 8.80. The normalized spacial score (nSPS) is 23.7. The van der Waals surface area contributed by atoms with Crippen molar-refractivity contribution in [2.75, 3.05) is 0 Å². The topological polar surface area (TPSA) is 23.8 Å². The first-order chi connectivity index (χ1) is 5.84. The Hall–Kier alpha value is -0.510. The lowest BCUT2D eigenvalue weighted by atomic mass is 9.83. The summed E-state index contributed by atoms with van der Waals surface area (Å²) in [5.41, 5.74) is 0. The molecule has 68 valence electrons. The minimum absolute atomic E-state index is 0.281. The summed E-state index contributed by atoms with van der Waals surface area (Å²) in [5.74, 6) is 0.971. The van der Waals surface area contributed by atoms with E-state index >= 15 is 0 Å². The van der Waals surface area contributed by atoms with E-state index in [1.165, 1.54) is 44.9 Å². The maximum Gasteiger partial charge on any atom is 0.0655 e. The van der Waals surface area contributed by atoms with Gasteiger partial charge in [-0.3, -0.25) is 0 Å². The van der Waals surface area contributed by atoms with Crippen molar-refractivity contribution in [1.29, 1.82) is 5.26 Å². The van der Waals surface area contributed by atoms with E-state index in [2.05, 4.69) is 13.0 Å². The molecule has 0 N–H and O–H groups in total. The summed E-state index contributed by atoms with van der Waals surface area (Å²) >= 11 is 0. The number of nitriles is 1. The van der Waals surface area contributed by atoms with Crippen LogP contribution in [0, 0.1) is 23.2 Å². The minimum atomic E-state index is 0.281. The molecule has 1 rings (SSSR count). The van der Waals surface area contributed by atoms with Gasteiger partial charge in [0.05, 0.1) is 6.07 Å². The molecule has 1 aliphatic carbocycles. The minimum Gasteiger partial charge on any atom is -0.198 e. The second-order valence-corrected chi connectivity index (χ2v) is 4.02. The monoisotopic (exact) mass is 165 g/mol. The van der Waals surface area contributed by atoms with Crippen LogP contribution in [-0.2, 0) is 0 Å². The molecule has 1 aliphatic rings. The summed E-state index contributed by atoms with van der Waals surface area (Å²) in [5, 5.41) is 8.80. The molecule has 12 heavy (non-hydrogen) atoms. The zero-order chi connectivity index (χ0) is 8.81. The fourth-order valence-electron chi connectivity index (χ4n) is 2.09. The highest BCUT2D eigenvalue weighted by Crippen LogP contribution is 2.27. The molecule has 1 unspecified atom stereocenters. The number of hydrogen-bond acceptors (Lipinski definition) is 1. The van der Waals surface area contributed by atoms with Gasteiger partial charge in [-0.15, -0.1) is 0 Å². The van der Waals surface area contributed by atoms with Gasteiger partial charge in [0, 0.05) is 5.92 Å². The molecular weight excluding hydrogens is 146 g/mol. The van der Waals surface area contributed by atoms with Crippen LogP contribution in [-0.4, -0.2) is 0 Å². The van der Waals surface area contributed by atoms with Crippen LogP contribution in [0.5, 0.6) is 0 Å². The van der Waals surface area contributed by atoms with Crippen LogP contribution in [0.1, 0.15) is 51.9 Å². The molecule has 1 fully saturated rings. The van der Waals surface area contributed by atoms with Crippen LogP contribution >= 0.6 is 0 Å². The largest absolute Gasteiger partial charge is 0.198 e. The number of nitrogens with zero attached hydrogens (tertiary/aromatic N) is 1. The standard InChI is InChI=1S/C11H19N/c1-10(9-12)11-7-5-3-2-4-6-8-11/h10-11H,2-8H2,1H3. The second-order valence-electron chi connectivity index (χ2n) is 4.02. The van der Waals surface area contributed by atoms with E-state index < -0.39 is 0 Å². The Morgan fingerprint density at radius 1 is 1.08 bits per heavy atom. The smallest absolute Gasteiger partial charge is 0.0655 e. The van der Waals surface area contributed by atoms with Crippen LogP contribution in [0.2, 0.25) is 0 Å². The molecule has 0 bridgehead atoms. The number of hydrogen-bond donors (Lipinski definition) is 0. The summed E-state index contributed by atoms with van der Waals surface area (Å²) in [7, 11) is 0. The van der Waals surface area contributed by atoms with Crippen molar-refractivity contribution in [2.45, 2.75) is 51.9 Å². The van der Waals surface area contributed by atoms with E-state index in [1.807, 2.05) is 0 Å². The van der Waals surface area contributed by atoms with E-state index in [9.17, 15) is 0 Å². The average Bonchev–Trinajstić information content (AvgIpc) is 2.02. The van der Waals surface area contributed by atoms with Gasteiger partial charge in [-0.05, 0) is 25.7 Å². The number of rotatable bonds is 1. The Morgan fingerprint density at radius 2 is 1.58 bits per heavy atom. The van der Waals surface area contributed by atoms with E-state index in [0.717, 1.165) is 0 Å². The average molecular weight is 165 g/mol. The molecule has 0 saturated heterocycles. The van der Waals surface area contributed by atoms with Crippen LogP contribution in [0.4, 0.5) is 0 Å². The third-order valence-electron chi connectivity index (χ3n) is 3.06. The van der Waals surface area contributed by atoms with Crippen molar-refractivity contribution in [1.82, 2.24) is 0 Å².